The molecule has 4 heteroatoms. The molecule has 0 unspecified atom stereocenters. The van der Waals surface area contributed by atoms with Crippen molar-refractivity contribution in [3.05, 3.63) is 29.6 Å². The summed E-state index contributed by atoms with van der Waals surface area (Å²) < 4.78 is 14.0. The maximum absolute atomic E-state index is 14.0. The molecule has 0 radical (unpaired) electrons. The van der Waals surface area contributed by atoms with Crippen LogP contribution in [0.25, 0.3) is 0 Å². The zero-order chi connectivity index (χ0) is 14.1. The van der Waals surface area contributed by atoms with E-state index in [-0.39, 0.29) is 11.9 Å². The van der Waals surface area contributed by atoms with Crippen LogP contribution in [0.1, 0.15) is 31.4 Å². The Morgan fingerprint density at radius 2 is 1.95 bits per heavy atom. The van der Waals surface area contributed by atoms with Gasteiger partial charge in [-0.05, 0) is 37.8 Å². The van der Waals surface area contributed by atoms with E-state index in [1.807, 2.05) is 13.0 Å². The van der Waals surface area contributed by atoms with Gasteiger partial charge in [-0.15, -0.1) is 0 Å². The third kappa shape index (κ3) is 2.96. The fourth-order valence-electron chi connectivity index (χ4n) is 3.09. The monoisotopic (exact) mass is 277 g/mol. The summed E-state index contributed by atoms with van der Waals surface area (Å²) in [6.45, 7) is 7.19. The van der Waals surface area contributed by atoms with E-state index in [0.29, 0.717) is 5.56 Å². The number of anilines is 1. The van der Waals surface area contributed by atoms with E-state index < -0.39 is 0 Å². The number of nitrogens with zero attached hydrogens (tertiary/aromatic N) is 2. The van der Waals surface area contributed by atoms with Crippen LogP contribution in [-0.2, 0) is 0 Å². The van der Waals surface area contributed by atoms with Crippen LogP contribution in [0.4, 0.5) is 10.1 Å². The largest absolute Gasteiger partial charge is 0.369 e. The van der Waals surface area contributed by atoms with Crippen LogP contribution in [-0.4, -0.2) is 37.6 Å². The maximum atomic E-state index is 14.0. The van der Waals surface area contributed by atoms with Gasteiger partial charge in [0.15, 0.2) is 0 Å². The molecular formula is C16H24FN3. The molecule has 1 aliphatic heterocycles. The molecule has 1 aromatic rings. The Morgan fingerprint density at radius 3 is 2.55 bits per heavy atom. The highest BCUT2D eigenvalue weighted by Gasteiger charge is 2.27. The standard InChI is InChI=1S/C16H24FN3/c1-12(18)16-14(17)3-2-4-15(16)20-9-7-19(8-10-20)11-13-5-6-13/h2-4,12-13H,5-11,18H2,1H3/t12-/m0/s1. The SMILES string of the molecule is C[C@H](N)c1c(F)cccc1N1CCN(CC2CC2)CC1. The zero-order valence-corrected chi connectivity index (χ0v) is 12.2. The fraction of sp³-hybridized carbons (Fsp3) is 0.625. The van der Waals surface area contributed by atoms with Gasteiger partial charge in [-0.3, -0.25) is 4.90 Å². The third-order valence-electron chi connectivity index (χ3n) is 4.41. The van der Waals surface area contributed by atoms with Gasteiger partial charge in [0.25, 0.3) is 0 Å². The molecule has 2 fully saturated rings. The number of rotatable bonds is 4. The van der Waals surface area contributed by atoms with Crippen molar-refractivity contribution >= 4 is 5.69 Å². The van der Waals surface area contributed by atoms with Crippen LogP contribution in [0.2, 0.25) is 0 Å². The van der Waals surface area contributed by atoms with Crippen LogP contribution in [0, 0.1) is 11.7 Å². The highest BCUT2D eigenvalue weighted by molar-refractivity contribution is 5.55. The molecule has 0 spiro atoms. The van der Waals surface area contributed by atoms with Crippen molar-refractivity contribution in [1.29, 1.82) is 0 Å². The number of benzene rings is 1. The van der Waals surface area contributed by atoms with Crippen LogP contribution in [0.5, 0.6) is 0 Å². The van der Waals surface area contributed by atoms with E-state index in [9.17, 15) is 4.39 Å². The first-order chi connectivity index (χ1) is 9.65. The summed E-state index contributed by atoms with van der Waals surface area (Å²) in [6.07, 6.45) is 2.80. The van der Waals surface area contributed by atoms with Gasteiger partial charge in [-0.2, -0.15) is 0 Å². The lowest BCUT2D eigenvalue weighted by Crippen LogP contribution is -2.47. The quantitative estimate of drug-likeness (QED) is 0.917. The summed E-state index contributed by atoms with van der Waals surface area (Å²) in [5, 5.41) is 0. The molecule has 20 heavy (non-hydrogen) atoms. The van der Waals surface area contributed by atoms with E-state index in [2.05, 4.69) is 9.80 Å². The molecule has 0 amide bonds. The minimum atomic E-state index is -0.268. The average molecular weight is 277 g/mol. The minimum Gasteiger partial charge on any atom is -0.369 e. The lowest BCUT2D eigenvalue weighted by Gasteiger charge is -2.37. The molecule has 1 aliphatic carbocycles. The summed E-state index contributed by atoms with van der Waals surface area (Å²) >= 11 is 0. The Kier molecular flexibility index (Phi) is 3.94. The van der Waals surface area contributed by atoms with Crippen molar-refractivity contribution in [2.75, 3.05) is 37.6 Å². The highest BCUT2D eigenvalue weighted by Crippen LogP contribution is 2.31. The van der Waals surface area contributed by atoms with Crippen LogP contribution < -0.4 is 10.6 Å². The Balaban J connectivity index is 1.69. The number of hydrogen-bond acceptors (Lipinski definition) is 3. The Hall–Kier alpha value is -1.13. The topological polar surface area (TPSA) is 32.5 Å². The number of nitrogens with two attached hydrogens (primary N) is 1. The highest BCUT2D eigenvalue weighted by atomic mass is 19.1. The normalized spacial score (nSPS) is 22.1. The van der Waals surface area contributed by atoms with Crippen molar-refractivity contribution < 1.29 is 4.39 Å². The van der Waals surface area contributed by atoms with Crippen molar-refractivity contribution in [2.45, 2.75) is 25.8 Å². The van der Waals surface area contributed by atoms with E-state index >= 15 is 0 Å². The van der Waals surface area contributed by atoms with Crippen LogP contribution in [0.15, 0.2) is 18.2 Å². The minimum absolute atomic E-state index is 0.182. The van der Waals surface area contributed by atoms with Gasteiger partial charge in [-0.1, -0.05) is 6.07 Å². The molecule has 2 N–H and O–H groups in total. The zero-order valence-electron chi connectivity index (χ0n) is 12.2. The molecule has 1 aromatic carbocycles. The van der Waals surface area contributed by atoms with Gasteiger partial charge in [0.05, 0.1) is 0 Å². The van der Waals surface area contributed by atoms with Gasteiger partial charge < -0.3 is 10.6 Å². The molecule has 2 aliphatic rings. The summed E-state index contributed by atoms with van der Waals surface area (Å²) in [4.78, 5) is 4.82. The summed E-state index contributed by atoms with van der Waals surface area (Å²) in [5.74, 6) is 0.758. The lowest BCUT2D eigenvalue weighted by molar-refractivity contribution is 0.248. The summed E-state index contributed by atoms with van der Waals surface area (Å²) in [6, 6.07) is 5.02. The number of hydrogen-bond donors (Lipinski definition) is 1. The first kappa shape index (κ1) is 13.8. The average Bonchev–Trinajstić information content (AvgIpc) is 3.23. The predicted octanol–water partition coefficient (Wildman–Crippen LogP) is 2.38. The second kappa shape index (κ2) is 5.70. The maximum Gasteiger partial charge on any atom is 0.130 e. The van der Waals surface area contributed by atoms with Crippen molar-refractivity contribution in [3.8, 4) is 0 Å². The van der Waals surface area contributed by atoms with Crippen molar-refractivity contribution in [2.24, 2.45) is 11.7 Å². The first-order valence-corrected chi connectivity index (χ1v) is 7.66. The number of piperazine rings is 1. The van der Waals surface area contributed by atoms with E-state index in [0.717, 1.165) is 37.8 Å². The molecule has 1 saturated heterocycles. The molecule has 3 rings (SSSR count). The summed E-state index contributed by atoms with van der Waals surface area (Å²) in [7, 11) is 0. The Labute approximate surface area is 120 Å². The molecule has 0 bridgehead atoms. The first-order valence-electron chi connectivity index (χ1n) is 7.66. The van der Waals surface area contributed by atoms with Gasteiger partial charge in [0, 0.05) is 50.0 Å². The third-order valence-corrected chi connectivity index (χ3v) is 4.41. The smallest absolute Gasteiger partial charge is 0.130 e. The van der Waals surface area contributed by atoms with Crippen molar-refractivity contribution in [1.82, 2.24) is 4.90 Å². The molecule has 1 heterocycles. The fourth-order valence-corrected chi connectivity index (χ4v) is 3.09. The Bertz CT molecular complexity index is 463. The van der Waals surface area contributed by atoms with Crippen LogP contribution >= 0.6 is 0 Å². The lowest BCUT2D eigenvalue weighted by atomic mass is 10.0. The molecule has 1 atom stereocenters. The summed E-state index contributed by atoms with van der Waals surface area (Å²) in [5.41, 5.74) is 7.58. The van der Waals surface area contributed by atoms with Gasteiger partial charge in [-0.25, -0.2) is 4.39 Å². The molecule has 1 saturated carbocycles. The van der Waals surface area contributed by atoms with E-state index in [4.69, 9.17) is 5.73 Å². The Morgan fingerprint density at radius 1 is 1.25 bits per heavy atom. The predicted molar refractivity (Wildman–Crippen MR) is 80.4 cm³/mol. The van der Waals surface area contributed by atoms with Crippen LogP contribution in [0.3, 0.4) is 0 Å². The second-order valence-corrected chi connectivity index (χ2v) is 6.19. The van der Waals surface area contributed by atoms with Gasteiger partial charge in [0.1, 0.15) is 5.82 Å². The molecule has 0 aromatic heterocycles. The van der Waals surface area contributed by atoms with E-state index in [1.165, 1.54) is 25.5 Å². The second-order valence-electron chi connectivity index (χ2n) is 6.19. The molecule has 3 nitrogen and oxygen atoms in total. The number of halogens is 1. The van der Waals surface area contributed by atoms with E-state index in [1.54, 1.807) is 6.07 Å². The van der Waals surface area contributed by atoms with Crippen molar-refractivity contribution in [3.63, 3.8) is 0 Å². The molecule has 110 valence electrons. The van der Waals surface area contributed by atoms with Gasteiger partial charge in [0.2, 0.25) is 0 Å². The van der Waals surface area contributed by atoms with Gasteiger partial charge >= 0.3 is 0 Å². The molecular weight excluding hydrogens is 253 g/mol.